The van der Waals surface area contributed by atoms with Crippen molar-refractivity contribution in [3.63, 3.8) is 0 Å². The zero-order chi connectivity index (χ0) is 8.32. The Morgan fingerprint density at radius 1 is 1.64 bits per heavy atom. The largest absolute Gasteiger partial charge is 0.466 e. The minimum Gasteiger partial charge on any atom is -0.466 e. The maximum atomic E-state index is 11.2. The molecule has 0 radical (unpaired) electrons. The van der Waals surface area contributed by atoms with Crippen LogP contribution in [0, 0.1) is 5.41 Å². The van der Waals surface area contributed by atoms with Crippen LogP contribution in [0.5, 0.6) is 0 Å². The van der Waals surface area contributed by atoms with Crippen LogP contribution in [-0.2, 0) is 9.53 Å². The van der Waals surface area contributed by atoms with Gasteiger partial charge in [0.05, 0.1) is 12.0 Å². The summed E-state index contributed by atoms with van der Waals surface area (Å²) in [7, 11) is 0. The Bertz CT molecular complexity index is 149. The minimum absolute atomic E-state index is 0.0822. The van der Waals surface area contributed by atoms with E-state index in [1.54, 1.807) is 6.92 Å². The molecule has 0 heterocycles. The number of carbonyl (C=O) groups is 1. The Hall–Kier alpha value is -0.570. The number of ether oxygens (including phenoxy) is 1. The maximum Gasteiger partial charge on any atom is 0.312 e. The molecular formula is C8H14O3. The van der Waals surface area contributed by atoms with Gasteiger partial charge in [-0.3, -0.25) is 4.79 Å². The van der Waals surface area contributed by atoms with Crippen LogP contribution in [-0.4, -0.2) is 24.3 Å². The molecule has 1 saturated carbocycles. The molecule has 0 aliphatic heterocycles. The topological polar surface area (TPSA) is 46.5 Å². The number of rotatable bonds is 4. The third-order valence-electron chi connectivity index (χ3n) is 2.15. The van der Waals surface area contributed by atoms with Crippen molar-refractivity contribution < 1.29 is 14.6 Å². The third kappa shape index (κ3) is 1.71. The predicted octanol–water partition coefficient (Wildman–Crippen LogP) is 0.712. The highest BCUT2D eigenvalue weighted by molar-refractivity contribution is 5.79. The predicted molar refractivity (Wildman–Crippen MR) is 40.0 cm³/mol. The molecule has 0 aromatic carbocycles. The SMILES string of the molecule is CCOC(=O)C1(CCO)CC1. The number of aliphatic hydroxyl groups excluding tert-OH is 1. The van der Waals surface area contributed by atoms with E-state index < -0.39 is 0 Å². The standard InChI is InChI=1S/C8H14O3/c1-2-11-7(10)8(3-4-8)5-6-9/h9H,2-6H2,1H3. The molecular weight excluding hydrogens is 144 g/mol. The molecule has 1 aliphatic carbocycles. The summed E-state index contributed by atoms with van der Waals surface area (Å²) >= 11 is 0. The molecule has 3 heteroatoms. The number of hydrogen-bond donors (Lipinski definition) is 1. The highest BCUT2D eigenvalue weighted by Crippen LogP contribution is 2.49. The lowest BCUT2D eigenvalue weighted by atomic mass is 10.0. The molecule has 1 N–H and O–H groups in total. The van der Waals surface area contributed by atoms with Gasteiger partial charge >= 0.3 is 5.97 Å². The van der Waals surface area contributed by atoms with Gasteiger partial charge in [0, 0.05) is 6.61 Å². The second-order valence-corrected chi connectivity index (χ2v) is 2.97. The molecule has 0 amide bonds. The van der Waals surface area contributed by atoms with Gasteiger partial charge in [0.1, 0.15) is 0 Å². The Kier molecular flexibility index (Phi) is 2.49. The summed E-state index contributed by atoms with van der Waals surface area (Å²) in [6.07, 6.45) is 2.32. The van der Waals surface area contributed by atoms with Crippen molar-refractivity contribution in [1.82, 2.24) is 0 Å². The van der Waals surface area contributed by atoms with E-state index in [-0.39, 0.29) is 18.0 Å². The molecule has 1 rings (SSSR count). The van der Waals surface area contributed by atoms with Crippen LogP contribution in [0.3, 0.4) is 0 Å². The molecule has 3 nitrogen and oxygen atoms in total. The highest BCUT2D eigenvalue weighted by atomic mass is 16.5. The van der Waals surface area contributed by atoms with E-state index in [4.69, 9.17) is 9.84 Å². The summed E-state index contributed by atoms with van der Waals surface area (Å²) in [5.41, 5.74) is -0.301. The molecule has 1 aliphatic rings. The van der Waals surface area contributed by atoms with Crippen molar-refractivity contribution in [2.75, 3.05) is 13.2 Å². The van der Waals surface area contributed by atoms with Crippen molar-refractivity contribution in [2.45, 2.75) is 26.2 Å². The summed E-state index contributed by atoms with van der Waals surface area (Å²) in [6.45, 7) is 2.32. The van der Waals surface area contributed by atoms with Gasteiger partial charge in [0.2, 0.25) is 0 Å². The number of aliphatic hydroxyl groups is 1. The first kappa shape index (κ1) is 8.53. The Morgan fingerprint density at radius 3 is 2.64 bits per heavy atom. The van der Waals surface area contributed by atoms with E-state index in [0.717, 1.165) is 12.8 Å². The van der Waals surface area contributed by atoms with Crippen LogP contribution in [0.2, 0.25) is 0 Å². The molecule has 0 unspecified atom stereocenters. The lowest BCUT2D eigenvalue weighted by molar-refractivity contribution is -0.150. The molecule has 0 aromatic rings. The van der Waals surface area contributed by atoms with Crippen molar-refractivity contribution in [3.8, 4) is 0 Å². The molecule has 11 heavy (non-hydrogen) atoms. The van der Waals surface area contributed by atoms with Crippen molar-refractivity contribution >= 4 is 5.97 Å². The van der Waals surface area contributed by atoms with Gasteiger partial charge in [0.25, 0.3) is 0 Å². The molecule has 0 aromatic heterocycles. The normalized spacial score (nSPS) is 19.5. The Balaban J connectivity index is 2.38. The molecule has 0 bridgehead atoms. The monoisotopic (exact) mass is 158 g/mol. The fraction of sp³-hybridized carbons (Fsp3) is 0.875. The molecule has 64 valence electrons. The van der Waals surface area contributed by atoms with E-state index in [0.29, 0.717) is 13.0 Å². The van der Waals surface area contributed by atoms with Crippen LogP contribution in [0.1, 0.15) is 26.2 Å². The molecule has 0 saturated heterocycles. The van der Waals surface area contributed by atoms with Crippen LogP contribution < -0.4 is 0 Å². The highest BCUT2D eigenvalue weighted by Gasteiger charge is 2.50. The summed E-state index contributed by atoms with van der Waals surface area (Å²) in [4.78, 5) is 11.2. The Morgan fingerprint density at radius 2 is 2.27 bits per heavy atom. The quantitative estimate of drug-likeness (QED) is 0.613. The van der Waals surface area contributed by atoms with Crippen LogP contribution in [0.25, 0.3) is 0 Å². The van der Waals surface area contributed by atoms with Crippen LogP contribution >= 0.6 is 0 Å². The average Bonchev–Trinajstić information content (AvgIpc) is 2.71. The fourth-order valence-corrected chi connectivity index (χ4v) is 1.21. The molecule has 1 fully saturated rings. The van der Waals surface area contributed by atoms with E-state index in [9.17, 15) is 4.79 Å². The maximum absolute atomic E-state index is 11.2. The average molecular weight is 158 g/mol. The van der Waals surface area contributed by atoms with E-state index in [1.165, 1.54) is 0 Å². The van der Waals surface area contributed by atoms with Crippen LogP contribution in [0.4, 0.5) is 0 Å². The van der Waals surface area contributed by atoms with Gasteiger partial charge in [-0.05, 0) is 26.2 Å². The Labute approximate surface area is 66.4 Å². The first-order chi connectivity index (χ1) is 5.25. The third-order valence-corrected chi connectivity index (χ3v) is 2.15. The summed E-state index contributed by atoms with van der Waals surface area (Å²) in [6, 6.07) is 0. The first-order valence-corrected chi connectivity index (χ1v) is 4.03. The second kappa shape index (κ2) is 3.22. The van der Waals surface area contributed by atoms with Crippen molar-refractivity contribution in [3.05, 3.63) is 0 Å². The smallest absolute Gasteiger partial charge is 0.312 e. The number of hydrogen-bond acceptors (Lipinski definition) is 3. The molecule has 0 spiro atoms. The van der Waals surface area contributed by atoms with Crippen molar-refractivity contribution in [1.29, 1.82) is 0 Å². The first-order valence-electron chi connectivity index (χ1n) is 4.03. The van der Waals surface area contributed by atoms with Gasteiger partial charge in [-0.1, -0.05) is 0 Å². The van der Waals surface area contributed by atoms with Crippen molar-refractivity contribution in [2.24, 2.45) is 5.41 Å². The molecule has 0 atom stereocenters. The zero-order valence-corrected chi connectivity index (χ0v) is 6.80. The van der Waals surface area contributed by atoms with Gasteiger partial charge in [-0.25, -0.2) is 0 Å². The number of esters is 1. The van der Waals surface area contributed by atoms with E-state index in [2.05, 4.69) is 0 Å². The van der Waals surface area contributed by atoms with E-state index in [1.807, 2.05) is 0 Å². The van der Waals surface area contributed by atoms with Gasteiger partial charge < -0.3 is 9.84 Å². The fourth-order valence-electron chi connectivity index (χ4n) is 1.21. The van der Waals surface area contributed by atoms with Gasteiger partial charge in [0.15, 0.2) is 0 Å². The number of carbonyl (C=O) groups excluding carboxylic acids is 1. The second-order valence-electron chi connectivity index (χ2n) is 2.97. The summed E-state index contributed by atoms with van der Waals surface area (Å²) in [5.74, 6) is -0.131. The van der Waals surface area contributed by atoms with Gasteiger partial charge in [-0.15, -0.1) is 0 Å². The lowest BCUT2D eigenvalue weighted by Crippen LogP contribution is -2.20. The minimum atomic E-state index is -0.301. The van der Waals surface area contributed by atoms with E-state index >= 15 is 0 Å². The van der Waals surface area contributed by atoms with Crippen LogP contribution in [0.15, 0.2) is 0 Å². The van der Waals surface area contributed by atoms with Gasteiger partial charge in [-0.2, -0.15) is 0 Å². The zero-order valence-electron chi connectivity index (χ0n) is 6.80. The summed E-state index contributed by atoms with van der Waals surface area (Å²) in [5, 5.41) is 8.65. The lowest BCUT2D eigenvalue weighted by Gasteiger charge is -2.10. The summed E-state index contributed by atoms with van der Waals surface area (Å²) < 4.78 is 4.87.